The number of hydrogen-bond acceptors (Lipinski definition) is 3. The molecule has 94 valence electrons. The maximum atomic E-state index is 11.8. The van der Waals surface area contributed by atoms with Crippen LogP contribution in [0.4, 0.5) is 0 Å². The quantitative estimate of drug-likeness (QED) is 0.819. The molecule has 0 aliphatic heterocycles. The maximum absolute atomic E-state index is 11.8. The summed E-state index contributed by atoms with van der Waals surface area (Å²) in [5, 5.41) is 0.256. The molecule has 17 heavy (non-hydrogen) atoms. The monoisotopic (exact) mass is 276 g/mol. The first-order valence-corrected chi connectivity index (χ1v) is 6.53. The number of allylic oxidation sites excluding steroid dienone is 1. The third kappa shape index (κ3) is 3.18. The van der Waals surface area contributed by atoms with Gasteiger partial charge in [0, 0.05) is 31.4 Å². The van der Waals surface area contributed by atoms with Crippen LogP contribution < -0.4 is 5.56 Å². The van der Waals surface area contributed by atoms with E-state index in [9.17, 15) is 13.2 Å². The number of hydrogen-bond donors (Lipinski definition) is 0. The molecule has 1 aromatic rings. The summed E-state index contributed by atoms with van der Waals surface area (Å²) in [6, 6.07) is 2.46. The van der Waals surface area contributed by atoms with Crippen LogP contribution in [0.3, 0.4) is 0 Å². The fraction of sp³-hybridized carbons (Fsp3) is 0.300. The van der Waals surface area contributed by atoms with Gasteiger partial charge in [-0.15, -0.1) is 0 Å². The molecule has 0 radical (unpaired) electrons. The summed E-state index contributed by atoms with van der Waals surface area (Å²) in [4.78, 5) is 11.5. The van der Waals surface area contributed by atoms with E-state index in [1.165, 1.54) is 37.0 Å². The van der Waals surface area contributed by atoms with Gasteiger partial charge in [-0.2, -0.15) is 0 Å². The van der Waals surface area contributed by atoms with E-state index in [1.807, 2.05) is 0 Å². The van der Waals surface area contributed by atoms with E-state index in [2.05, 4.69) is 6.58 Å². The summed E-state index contributed by atoms with van der Waals surface area (Å²) in [7, 11) is -0.707. The zero-order valence-corrected chi connectivity index (χ0v) is 11.1. The highest BCUT2D eigenvalue weighted by molar-refractivity contribution is 7.89. The standard InChI is InChI=1S/C10H13ClN2O3S/c1-8(11)6-13-7-9(4-5-10(13)14)17(15,16)12(2)3/h4-5,7H,1,6H2,2-3H3. The Morgan fingerprint density at radius 3 is 2.53 bits per heavy atom. The predicted octanol–water partition coefficient (Wildman–Crippen LogP) is 0.851. The number of rotatable bonds is 4. The lowest BCUT2D eigenvalue weighted by Gasteiger charge is -2.12. The SMILES string of the molecule is C=C(Cl)Cn1cc(S(=O)(=O)N(C)C)ccc1=O. The van der Waals surface area contributed by atoms with E-state index >= 15 is 0 Å². The molecule has 5 nitrogen and oxygen atoms in total. The predicted molar refractivity (Wildman–Crippen MR) is 66.6 cm³/mol. The van der Waals surface area contributed by atoms with Gasteiger partial charge in [-0.25, -0.2) is 12.7 Å². The number of sulfonamides is 1. The molecule has 0 spiro atoms. The lowest BCUT2D eigenvalue weighted by Crippen LogP contribution is -2.26. The molecule has 1 heterocycles. The summed E-state index contributed by atoms with van der Waals surface area (Å²) in [5.41, 5.74) is -0.329. The fourth-order valence-electron chi connectivity index (χ4n) is 1.18. The molecule has 0 aliphatic carbocycles. The second-order valence-corrected chi connectivity index (χ2v) is 6.32. The van der Waals surface area contributed by atoms with E-state index < -0.39 is 10.0 Å². The number of halogens is 1. The van der Waals surface area contributed by atoms with Crippen LogP contribution in [0, 0.1) is 0 Å². The summed E-state index contributed by atoms with van der Waals surface area (Å²) in [5.74, 6) is 0. The number of nitrogens with zero attached hydrogens (tertiary/aromatic N) is 2. The molecule has 0 saturated carbocycles. The van der Waals surface area contributed by atoms with Crippen molar-refractivity contribution >= 4 is 21.6 Å². The third-order valence-electron chi connectivity index (χ3n) is 2.08. The molecule has 0 bridgehead atoms. The summed E-state index contributed by atoms with van der Waals surface area (Å²) in [6.07, 6.45) is 1.26. The van der Waals surface area contributed by atoms with Crippen molar-refractivity contribution in [1.82, 2.24) is 8.87 Å². The largest absolute Gasteiger partial charge is 0.309 e. The summed E-state index contributed by atoms with van der Waals surface area (Å²) < 4.78 is 25.9. The highest BCUT2D eigenvalue weighted by atomic mass is 35.5. The molecule has 0 N–H and O–H groups in total. The number of aromatic nitrogens is 1. The molecule has 7 heteroatoms. The lowest BCUT2D eigenvalue weighted by atomic mass is 10.4. The minimum atomic E-state index is -3.55. The van der Waals surface area contributed by atoms with Crippen LogP contribution in [-0.2, 0) is 16.6 Å². The molecule has 0 aliphatic rings. The highest BCUT2D eigenvalue weighted by Crippen LogP contribution is 2.11. The first-order valence-electron chi connectivity index (χ1n) is 4.71. The van der Waals surface area contributed by atoms with Crippen LogP contribution >= 0.6 is 11.6 Å². The molecule has 0 aromatic carbocycles. The molecule has 0 amide bonds. The van der Waals surface area contributed by atoms with Crippen LogP contribution in [0.15, 0.2) is 39.6 Å². The molecule has 0 fully saturated rings. The zero-order chi connectivity index (χ0) is 13.2. The van der Waals surface area contributed by atoms with Crippen molar-refractivity contribution in [2.45, 2.75) is 11.4 Å². The number of pyridine rings is 1. The van der Waals surface area contributed by atoms with E-state index in [0.717, 1.165) is 4.31 Å². The van der Waals surface area contributed by atoms with Crippen LogP contribution in [0.2, 0.25) is 0 Å². The average Bonchev–Trinajstić information content (AvgIpc) is 2.20. The fourth-order valence-corrected chi connectivity index (χ4v) is 2.23. The molecule has 0 saturated heterocycles. The van der Waals surface area contributed by atoms with Crippen LogP contribution in [0.5, 0.6) is 0 Å². The van der Waals surface area contributed by atoms with Gasteiger partial charge in [0.1, 0.15) is 0 Å². The van der Waals surface area contributed by atoms with Gasteiger partial charge < -0.3 is 4.57 Å². The van der Waals surface area contributed by atoms with Crippen LogP contribution in [0.1, 0.15) is 0 Å². The maximum Gasteiger partial charge on any atom is 0.250 e. The molecule has 0 atom stereocenters. The molecular weight excluding hydrogens is 264 g/mol. The van der Waals surface area contributed by atoms with Gasteiger partial charge in [-0.05, 0) is 6.07 Å². The van der Waals surface area contributed by atoms with Crippen molar-refractivity contribution in [3.05, 3.63) is 40.3 Å². The normalized spacial score (nSPS) is 11.8. The van der Waals surface area contributed by atoms with E-state index in [0.29, 0.717) is 0 Å². The zero-order valence-electron chi connectivity index (χ0n) is 9.55. The average molecular weight is 277 g/mol. The topological polar surface area (TPSA) is 59.4 Å². The van der Waals surface area contributed by atoms with Gasteiger partial charge >= 0.3 is 0 Å². The Labute approximate surface area is 105 Å². The van der Waals surface area contributed by atoms with E-state index in [4.69, 9.17) is 11.6 Å². The first-order chi connectivity index (χ1) is 7.75. The summed E-state index contributed by atoms with van der Waals surface area (Å²) >= 11 is 5.60. The molecule has 1 rings (SSSR count). The van der Waals surface area contributed by atoms with Crippen molar-refractivity contribution in [3.63, 3.8) is 0 Å². The van der Waals surface area contributed by atoms with Gasteiger partial charge in [0.15, 0.2) is 0 Å². The molecule has 1 aromatic heterocycles. The third-order valence-corrected chi connectivity index (χ3v) is 3.99. The van der Waals surface area contributed by atoms with Gasteiger partial charge in [-0.3, -0.25) is 4.79 Å². The Morgan fingerprint density at radius 1 is 1.47 bits per heavy atom. The van der Waals surface area contributed by atoms with Crippen molar-refractivity contribution in [2.75, 3.05) is 14.1 Å². The Balaban J connectivity index is 3.31. The van der Waals surface area contributed by atoms with E-state index in [-0.39, 0.29) is 22.0 Å². The minimum Gasteiger partial charge on any atom is -0.309 e. The van der Waals surface area contributed by atoms with Crippen LogP contribution in [-0.4, -0.2) is 31.4 Å². The van der Waals surface area contributed by atoms with Crippen molar-refractivity contribution in [2.24, 2.45) is 0 Å². The van der Waals surface area contributed by atoms with Crippen LogP contribution in [0.25, 0.3) is 0 Å². The Hall–Kier alpha value is -1.11. The Kier molecular flexibility index (Phi) is 4.13. The smallest absolute Gasteiger partial charge is 0.250 e. The lowest BCUT2D eigenvalue weighted by molar-refractivity contribution is 0.519. The molecule has 0 unspecified atom stereocenters. The van der Waals surface area contributed by atoms with Gasteiger partial charge in [0.05, 0.1) is 11.4 Å². The van der Waals surface area contributed by atoms with Crippen molar-refractivity contribution in [1.29, 1.82) is 0 Å². The minimum absolute atomic E-state index is 0.0417. The summed E-state index contributed by atoms with van der Waals surface area (Å²) in [6.45, 7) is 3.54. The van der Waals surface area contributed by atoms with Gasteiger partial charge in [0.25, 0.3) is 5.56 Å². The van der Waals surface area contributed by atoms with Crippen molar-refractivity contribution < 1.29 is 8.42 Å². The van der Waals surface area contributed by atoms with Gasteiger partial charge in [0.2, 0.25) is 10.0 Å². The Bertz CT molecular complexity index is 590. The van der Waals surface area contributed by atoms with E-state index in [1.54, 1.807) is 0 Å². The second-order valence-electron chi connectivity index (χ2n) is 3.64. The molecular formula is C10H13ClN2O3S. The second kappa shape index (κ2) is 5.03. The first kappa shape index (κ1) is 14.0. The Morgan fingerprint density at radius 2 is 2.06 bits per heavy atom. The highest BCUT2D eigenvalue weighted by Gasteiger charge is 2.17. The van der Waals surface area contributed by atoms with Crippen molar-refractivity contribution in [3.8, 4) is 0 Å². The van der Waals surface area contributed by atoms with Gasteiger partial charge in [-0.1, -0.05) is 18.2 Å².